The third-order valence-electron chi connectivity index (χ3n) is 5.26. The molecule has 1 aromatic carbocycles. The van der Waals surface area contributed by atoms with Crippen LogP contribution in [-0.4, -0.2) is 34.1 Å². The Morgan fingerprint density at radius 1 is 1.23 bits per heavy atom. The molecule has 5 rings (SSSR count). The molecule has 152 valence electrons. The van der Waals surface area contributed by atoms with Crippen LogP contribution in [0, 0.1) is 5.95 Å². The summed E-state index contributed by atoms with van der Waals surface area (Å²) in [5.74, 6) is 0.598. The first-order valence-electron chi connectivity index (χ1n) is 9.13. The first kappa shape index (κ1) is 19.3. The predicted octanol–water partition coefficient (Wildman–Crippen LogP) is 4.36. The van der Waals surface area contributed by atoms with E-state index >= 15 is 0 Å². The Hall–Kier alpha value is -2.68. The van der Waals surface area contributed by atoms with Gasteiger partial charge >= 0.3 is 0 Å². The number of aromatic nitrogens is 2. The number of hydrogen-bond donors (Lipinski definition) is 1. The predicted molar refractivity (Wildman–Crippen MR) is 115 cm³/mol. The first-order valence-corrected chi connectivity index (χ1v) is 10.4. The Bertz CT molecular complexity index is 1190. The standard InChI is InChI=1S/C21H16ClFN4O2S/c1-28-10-17-21(27-20(24)30-17)13-7-11(12-3-2-6-25-19(12)23)4-5-15(13)29-16-9-26-18(22)8-14(16)21/h2-9,17H,10H2,1H3,(H2,24,27). The van der Waals surface area contributed by atoms with Gasteiger partial charge in [-0.3, -0.25) is 0 Å². The molecule has 2 aliphatic rings. The number of methoxy groups -OCH3 is 1. The number of nitrogens with zero attached hydrogens (tertiary/aromatic N) is 3. The number of pyridine rings is 2. The van der Waals surface area contributed by atoms with Crippen molar-refractivity contribution in [2.75, 3.05) is 13.7 Å². The van der Waals surface area contributed by atoms with E-state index in [4.69, 9.17) is 31.8 Å². The van der Waals surface area contributed by atoms with Gasteiger partial charge in [-0.15, -0.1) is 0 Å². The fraction of sp³-hybridized carbons (Fsp3) is 0.190. The quantitative estimate of drug-likeness (QED) is 0.607. The number of fused-ring (bicyclic) bond motifs is 4. The minimum Gasteiger partial charge on any atom is -0.455 e. The van der Waals surface area contributed by atoms with Gasteiger partial charge in [0, 0.05) is 30.0 Å². The van der Waals surface area contributed by atoms with Crippen LogP contribution in [-0.2, 0) is 10.3 Å². The van der Waals surface area contributed by atoms with Gasteiger partial charge in [-0.05, 0) is 35.9 Å². The Labute approximate surface area is 181 Å². The summed E-state index contributed by atoms with van der Waals surface area (Å²) in [7, 11) is 1.63. The Morgan fingerprint density at radius 3 is 2.87 bits per heavy atom. The smallest absolute Gasteiger partial charge is 0.220 e. The zero-order valence-electron chi connectivity index (χ0n) is 15.8. The van der Waals surface area contributed by atoms with Crippen molar-refractivity contribution in [3.63, 3.8) is 0 Å². The maximum Gasteiger partial charge on any atom is 0.220 e. The number of nitrogens with two attached hydrogens (primary N) is 1. The molecule has 0 radical (unpaired) electrons. The van der Waals surface area contributed by atoms with E-state index in [0.717, 1.165) is 11.1 Å². The largest absolute Gasteiger partial charge is 0.455 e. The van der Waals surface area contributed by atoms with E-state index in [1.165, 1.54) is 18.0 Å². The molecular formula is C21H16ClFN4O2S. The van der Waals surface area contributed by atoms with E-state index in [-0.39, 0.29) is 5.25 Å². The number of benzene rings is 1. The Kier molecular flexibility index (Phi) is 4.65. The Balaban J connectivity index is 1.79. The molecule has 0 saturated heterocycles. The molecule has 9 heteroatoms. The minimum absolute atomic E-state index is 0.170. The molecular weight excluding hydrogens is 427 g/mol. The van der Waals surface area contributed by atoms with Crippen molar-refractivity contribution in [1.29, 1.82) is 0 Å². The summed E-state index contributed by atoms with van der Waals surface area (Å²) in [5.41, 5.74) is 7.83. The summed E-state index contributed by atoms with van der Waals surface area (Å²) in [4.78, 5) is 12.8. The number of ether oxygens (including phenoxy) is 2. The molecule has 0 fully saturated rings. The molecule has 6 nitrogen and oxygen atoms in total. The third-order valence-corrected chi connectivity index (χ3v) is 6.56. The molecule has 3 aromatic rings. The van der Waals surface area contributed by atoms with Crippen LogP contribution in [0.25, 0.3) is 11.1 Å². The van der Waals surface area contributed by atoms with Gasteiger partial charge in [0.2, 0.25) is 5.95 Å². The van der Waals surface area contributed by atoms with Gasteiger partial charge in [0.05, 0.1) is 18.1 Å². The summed E-state index contributed by atoms with van der Waals surface area (Å²) in [6.07, 6.45) is 3.00. The van der Waals surface area contributed by atoms with Gasteiger partial charge in [-0.2, -0.15) is 4.39 Å². The zero-order valence-corrected chi connectivity index (χ0v) is 17.4. The molecule has 30 heavy (non-hydrogen) atoms. The second-order valence-corrected chi connectivity index (χ2v) is 8.55. The van der Waals surface area contributed by atoms with Crippen LogP contribution in [0.3, 0.4) is 0 Å². The number of amidine groups is 1. The van der Waals surface area contributed by atoms with Gasteiger partial charge in [0.15, 0.2) is 10.9 Å². The summed E-state index contributed by atoms with van der Waals surface area (Å²) >= 11 is 7.66. The number of hydrogen-bond acceptors (Lipinski definition) is 7. The van der Waals surface area contributed by atoms with Gasteiger partial charge in [-0.1, -0.05) is 29.4 Å². The molecule has 2 aromatic heterocycles. The van der Waals surface area contributed by atoms with E-state index in [0.29, 0.717) is 39.6 Å². The fourth-order valence-electron chi connectivity index (χ4n) is 4.02. The number of halogens is 2. The second-order valence-electron chi connectivity index (χ2n) is 6.94. The van der Waals surface area contributed by atoms with Crippen molar-refractivity contribution in [2.24, 2.45) is 10.7 Å². The van der Waals surface area contributed by atoms with Crippen molar-refractivity contribution in [3.05, 3.63) is 71.0 Å². The van der Waals surface area contributed by atoms with Gasteiger partial charge in [-0.25, -0.2) is 15.0 Å². The molecule has 2 atom stereocenters. The molecule has 0 saturated carbocycles. The van der Waals surface area contributed by atoms with Crippen molar-refractivity contribution in [2.45, 2.75) is 10.8 Å². The Morgan fingerprint density at radius 2 is 2.07 bits per heavy atom. The fourth-order valence-corrected chi connectivity index (χ4v) is 5.35. The van der Waals surface area contributed by atoms with Crippen LogP contribution in [0.15, 0.2) is 53.8 Å². The molecule has 4 heterocycles. The summed E-state index contributed by atoms with van der Waals surface area (Å²) in [6.45, 7) is 0.388. The lowest BCUT2D eigenvalue weighted by atomic mass is 9.77. The number of aliphatic imine (C=N–C) groups is 1. The van der Waals surface area contributed by atoms with Crippen LogP contribution in [0.5, 0.6) is 11.5 Å². The van der Waals surface area contributed by atoms with Crippen LogP contribution < -0.4 is 10.5 Å². The zero-order chi connectivity index (χ0) is 20.9. The van der Waals surface area contributed by atoms with Gasteiger partial charge < -0.3 is 15.2 Å². The monoisotopic (exact) mass is 442 g/mol. The van der Waals surface area contributed by atoms with E-state index in [1.54, 1.807) is 43.6 Å². The van der Waals surface area contributed by atoms with Crippen molar-refractivity contribution >= 4 is 28.5 Å². The van der Waals surface area contributed by atoms with Crippen LogP contribution in [0.4, 0.5) is 4.39 Å². The lowest BCUT2D eigenvalue weighted by Gasteiger charge is -2.38. The molecule has 0 aliphatic carbocycles. The maximum absolute atomic E-state index is 14.4. The molecule has 0 amide bonds. The minimum atomic E-state index is -0.908. The van der Waals surface area contributed by atoms with Crippen molar-refractivity contribution in [3.8, 4) is 22.6 Å². The summed E-state index contributed by atoms with van der Waals surface area (Å²) in [6, 6.07) is 10.6. The SMILES string of the molecule is COCC1SC(N)=NC12c1cc(-c3cccnc3F)ccc1Oc1cnc(Cl)cc12. The normalized spacial score (nSPS) is 21.7. The van der Waals surface area contributed by atoms with E-state index < -0.39 is 11.5 Å². The highest BCUT2D eigenvalue weighted by molar-refractivity contribution is 8.14. The molecule has 2 N–H and O–H groups in total. The van der Waals surface area contributed by atoms with Gasteiger partial charge in [0.1, 0.15) is 16.4 Å². The average Bonchev–Trinajstić information content (AvgIpc) is 3.06. The second kappa shape index (κ2) is 7.23. The lowest BCUT2D eigenvalue weighted by molar-refractivity contribution is 0.181. The number of rotatable bonds is 3. The molecule has 1 spiro atoms. The van der Waals surface area contributed by atoms with Crippen LogP contribution >= 0.6 is 23.4 Å². The number of thioether (sulfide) groups is 1. The lowest BCUT2D eigenvalue weighted by Crippen LogP contribution is -2.39. The van der Waals surface area contributed by atoms with E-state index in [1.807, 2.05) is 6.07 Å². The maximum atomic E-state index is 14.4. The van der Waals surface area contributed by atoms with E-state index in [2.05, 4.69) is 9.97 Å². The van der Waals surface area contributed by atoms with Crippen molar-refractivity contribution < 1.29 is 13.9 Å². The average molecular weight is 443 g/mol. The molecule has 0 bridgehead atoms. The van der Waals surface area contributed by atoms with Crippen LogP contribution in [0.1, 0.15) is 11.1 Å². The highest BCUT2D eigenvalue weighted by Crippen LogP contribution is 2.57. The summed E-state index contributed by atoms with van der Waals surface area (Å²) in [5, 5.41) is 0.578. The highest BCUT2D eigenvalue weighted by Gasteiger charge is 2.53. The first-order chi connectivity index (χ1) is 14.5. The van der Waals surface area contributed by atoms with E-state index in [9.17, 15) is 4.39 Å². The molecule has 2 aliphatic heterocycles. The third kappa shape index (κ3) is 2.86. The van der Waals surface area contributed by atoms with Crippen molar-refractivity contribution in [1.82, 2.24) is 9.97 Å². The highest BCUT2D eigenvalue weighted by atomic mass is 35.5. The topological polar surface area (TPSA) is 82.6 Å². The van der Waals surface area contributed by atoms with Gasteiger partial charge in [0.25, 0.3) is 0 Å². The molecule has 2 unspecified atom stereocenters. The summed E-state index contributed by atoms with van der Waals surface area (Å²) < 4.78 is 26.0. The van der Waals surface area contributed by atoms with Crippen LogP contribution in [0.2, 0.25) is 5.15 Å².